The number of hydrogen-bond donors (Lipinski definition) is 0. The second-order valence-electron chi connectivity index (χ2n) is 5.74. The Kier molecular flexibility index (Phi) is 4.82. The van der Waals surface area contributed by atoms with E-state index in [2.05, 4.69) is 15.9 Å². The van der Waals surface area contributed by atoms with E-state index in [1.54, 1.807) is 0 Å². The third kappa shape index (κ3) is 3.91. The highest BCUT2D eigenvalue weighted by Gasteiger charge is 2.32. The molecule has 0 N–H and O–H groups in total. The molecule has 6 heteroatoms. The lowest BCUT2D eigenvalue weighted by Crippen LogP contribution is -2.52. The summed E-state index contributed by atoms with van der Waals surface area (Å²) in [5.41, 5.74) is 0. The molecular formula is C13H23N3O2S. The Balaban J connectivity index is 1.88. The quantitative estimate of drug-likeness (QED) is 0.706. The van der Waals surface area contributed by atoms with Gasteiger partial charge in [-0.2, -0.15) is 5.26 Å². The molecule has 1 saturated heterocycles. The minimum absolute atomic E-state index is 0.150. The van der Waals surface area contributed by atoms with E-state index in [0.29, 0.717) is 12.6 Å². The Labute approximate surface area is 116 Å². The van der Waals surface area contributed by atoms with E-state index < -0.39 is 9.84 Å². The minimum Gasteiger partial charge on any atom is -0.298 e. The molecule has 1 heterocycles. The van der Waals surface area contributed by atoms with E-state index >= 15 is 0 Å². The summed E-state index contributed by atoms with van der Waals surface area (Å²) in [5.74, 6) is 0. The number of rotatable bonds is 3. The molecule has 2 aliphatic rings. The van der Waals surface area contributed by atoms with E-state index in [0.717, 1.165) is 51.9 Å². The van der Waals surface area contributed by atoms with Crippen LogP contribution in [-0.4, -0.2) is 68.5 Å². The van der Waals surface area contributed by atoms with Gasteiger partial charge in [-0.3, -0.25) is 9.80 Å². The van der Waals surface area contributed by atoms with Gasteiger partial charge in [0, 0.05) is 38.5 Å². The molecule has 0 radical (unpaired) electrons. The Bertz CT molecular complexity index is 435. The van der Waals surface area contributed by atoms with E-state index in [1.165, 1.54) is 6.26 Å². The van der Waals surface area contributed by atoms with Gasteiger partial charge in [0.05, 0.1) is 17.9 Å². The summed E-state index contributed by atoms with van der Waals surface area (Å²) in [4.78, 5) is 4.58. The van der Waals surface area contributed by atoms with Gasteiger partial charge in [0.25, 0.3) is 0 Å². The SMILES string of the molecule is CS(=O)(=O)C1CCCC(N2CCN(CC#N)CC2)C1. The van der Waals surface area contributed by atoms with Crippen LogP contribution in [0.4, 0.5) is 0 Å². The summed E-state index contributed by atoms with van der Waals surface area (Å²) in [6.45, 7) is 4.28. The third-order valence-corrected chi connectivity index (χ3v) is 6.06. The Morgan fingerprint density at radius 3 is 2.47 bits per heavy atom. The molecule has 108 valence electrons. The molecular weight excluding hydrogens is 262 g/mol. The van der Waals surface area contributed by atoms with E-state index in [1.807, 2.05) is 0 Å². The predicted molar refractivity (Wildman–Crippen MR) is 74.5 cm³/mol. The lowest BCUT2D eigenvalue weighted by atomic mass is 9.93. The van der Waals surface area contributed by atoms with Crippen LogP contribution >= 0.6 is 0 Å². The first kappa shape index (κ1) is 14.8. The Morgan fingerprint density at radius 1 is 1.21 bits per heavy atom. The first-order chi connectivity index (χ1) is 9.00. The molecule has 0 aromatic rings. The van der Waals surface area contributed by atoms with E-state index in [4.69, 9.17) is 5.26 Å². The molecule has 0 aromatic carbocycles. The number of nitriles is 1. The molecule has 2 unspecified atom stereocenters. The maximum Gasteiger partial charge on any atom is 0.150 e. The molecule has 1 saturated carbocycles. The summed E-state index contributed by atoms with van der Waals surface area (Å²) in [7, 11) is -2.90. The van der Waals surface area contributed by atoms with Crippen LogP contribution in [0.2, 0.25) is 0 Å². The van der Waals surface area contributed by atoms with Crippen molar-refractivity contribution in [2.75, 3.05) is 39.0 Å². The molecule has 1 aliphatic carbocycles. The van der Waals surface area contributed by atoms with Crippen molar-refractivity contribution in [3.63, 3.8) is 0 Å². The molecule has 2 rings (SSSR count). The molecule has 1 aliphatic heterocycles. The predicted octanol–water partition coefficient (Wildman–Crippen LogP) is 0.483. The van der Waals surface area contributed by atoms with Crippen molar-refractivity contribution in [1.82, 2.24) is 9.80 Å². The molecule has 2 atom stereocenters. The zero-order valence-corrected chi connectivity index (χ0v) is 12.4. The molecule has 0 aromatic heterocycles. The van der Waals surface area contributed by atoms with Crippen LogP contribution in [0.5, 0.6) is 0 Å². The monoisotopic (exact) mass is 285 g/mol. The summed E-state index contributed by atoms with van der Waals surface area (Å²) in [5, 5.41) is 8.54. The van der Waals surface area contributed by atoms with Crippen molar-refractivity contribution in [1.29, 1.82) is 5.26 Å². The van der Waals surface area contributed by atoms with Gasteiger partial charge in [0.15, 0.2) is 0 Å². The van der Waals surface area contributed by atoms with Gasteiger partial charge in [-0.05, 0) is 19.3 Å². The average Bonchev–Trinajstić information content (AvgIpc) is 2.39. The fraction of sp³-hybridized carbons (Fsp3) is 0.923. The van der Waals surface area contributed by atoms with Crippen molar-refractivity contribution < 1.29 is 8.42 Å². The highest BCUT2D eigenvalue weighted by Crippen LogP contribution is 2.27. The molecule has 0 bridgehead atoms. The van der Waals surface area contributed by atoms with Crippen LogP contribution in [0.1, 0.15) is 25.7 Å². The van der Waals surface area contributed by atoms with E-state index in [-0.39, 0.29) is 5.25 Å². The second-order valence-corrected chi connectivity index (χ2v) is 8.07. The highest BCUT2D eigenvalue weighted by molar-refractivity contribution is 7.91. The summed E-state index contributed by atoms with van der Waals surface area (Å²) < 4.78 is 23.4. The van der Waals surface area contributed by atoms with E-state index in [9.17, 15) is 8.42 Å². The van der Waals surface area contributed by atoms with Crippen LogP contribution in [0, 0.1) is 11.3 Å². The average molecular weight is 285 g/mol. The zero-order valence-electron chi connectivity index (χ0n) is 11.6. The lowest BCUT2D eigenvalue weighted by molar-refractivity contribution is 0.0860. The van der Waals surface area contributed by atoms with Gasteiger partial charge in [-0.1, -0.05) is 6.42 Å². The van der Waals surface area contributed by atoms with Crippen molar-refractivity contribution >= 4 is 9.84 Å². The van der Waals surface area contributed by atoms with Gasteiger partial charge in [-0.15, -0.1) is 0 Å². The van der Waals surface area contributed by atoms with Crippen LogP contribution in [0.3, 0.4) is 0 Å². The van der Waals surface area contributed by atoms with Crippen molar-refractivity contribution in [3.8, 4) is 6.07 Å². The maximum atomic E-state index is 11.7. The van der Waals surface area contributed by atoms with Crippen LogP contribution in [0.15, 0.2) is 0 Å². The standard InChI is InChI=1S/C13H23N3O2S/c1-19(17,18)13-4-2-3-12(11-13)16-9-7-15(6-5-14)8-10-16/h12-13H,2-4,6-11H2,1H3. The zero-order chi connectivity index (χ0) is 13.9. The number of piperazine rings is 1. The molecule has 0 amide bonds. The maximum absolute atomic E-state index is 11.7. The van der Waals surface area contributed by atoms with Gasteiger partial charge in [0.2, 0.25) is 0 Å². The van der Waals surface area contributed by atoms with Crippen molar-refractivity contribution in [2.45, 2.75) is 37.0 Å². The highest BCUT2D eigenvalue weighted by atomic mass is 32.2. The first-order valence-electron chi connectivity index (χ1n) is 7.03. The van der Waals surface area contributed by atoms with Crippen LogP contribution in [-0.2, 0) is 9.84 Å². The van der Waals surface area contributed by atoms with Crippen LogP contribution in [0.25, 0.3) is 0 Å². The van der Waals surface area contributed by atoms with Crippen LogP contribution < -0.4 is 0 Å². The summed E-state index contributed by atoms with van der Waals surface area (Å²) in [6.07, 6.45) is 5.11. The molecule has 2 fully saturated rings. The summed E-state index contributed by atoms with van der Waals surface area (Å²) in [6, 6.07) is 2.60. The number of hydrogen-bond acceptors (Lipinski definition) is 5. The lowest BCUT2D eigenvalue weighted by Gasteiger charge is -2.41. The second kappa shape index (κ2) is 6.21. The van der Waals surface area contributed by atoms with Gasteiger partial charge >= 0.3 is 0 Å². The van der Waals surface area contributed by atoms with Gasteiger partial charge < -0.3 is 0 Å². The fourth-order valence-corrected chi connectivity index (χ4v) is 4.39. The Hall–Kier alpha value is -0.640. The van der Waals surface area contributed by atoms with Gasteiger partial charge in [0.1, 0.15) is 9.84 Å². The number of nitrogens with zero attached hydrogens (tertiary/aromatic N) is 3. The third-order valence-electron chi connectivity index (χ3n) is 4.42. The largest absolute Gasteiger partial charge is 0.298 e. The topological polar surface area (TPSA) is 64.4 Å². The molecule has 0 spiro atoms. The molecule has 5 nitrogen and oxygen atoms in total. The Morgan fingerprint density at radius 2 is 1.89 bits per heavy atom. The van der Waals surface area contributed by atoms with Crippen molar-refractivity contribution in [2.24, 2.45) is 0 Å². The van der Waals surface area contributed by atoms with Crippen molar-refractivity contribution in [3.05, 3.63) is 0 Å². The fourth-order valence-electron chi connectivity index (χ4n) is 3.23. The number of sulfone groups is 1. The minimum atomic E-state index is -2.90. The smallest absolute Gasteiger partial charge is 0.150 e. The van der Waals surface area contributed by atoms with Gasteiger partial charge in [-0.25, -0.2) is 8.42 Å². The summed E-state index contributed by atoms with van der Waals surface area (Å²) >= 11 is 0. The normalized spacial score (nSPS) is 30.9. The first-order valence-corrected chi connectivity index (χ1v) is 8.98. The molecule has 19 heavy (non-hydrogen) atoms.